The second-order valence-corrected chi connectivity index (χ2v) is 6.24. The van der Waals surface area contributed by atoms with Crippen molar-refractivity contribution in [1.82, 2.24) is 9.55 Å². The third-order valence-corrected chi connectivity index (χ3v) is 5.12. The van der Waals surface area contributed by atoms with Crippen molar-refractivity contribution in [2.45, 2.75) is 24.1 Å². The lowest BCUT2D eigenvalue weighted by Crippen LogP contribution is -2.20. The summed E-state index contributed by atoms with van der Waals surface area (Å²) in [5.74, 6) is 0.871. The molecule has 0 aliphatic carbocycles. The predicted molar refractivity (Wildman–Crippen MR) is 74.6 cm³/mol. The summed E-state index contributed by atoms with van der Waals surface area (Å²) in [5, 5.41) is 2.69. The predicted octanol–water partition coefficient (Wildman–Crippen LogP) is 2.27. The fourth-order valence-corrected chi connectivity index (χ4v) is 3.88. The lowest BCUT2D eigenvalue weighted by Gasteiger charge is -2.10. The van der Waals surface area contributed by atoms with Gasteiger partial charge < -0.3 is 4.74 Å². The van der Waals surface area contributed by atoms with E-state index in [0.717, 1.165) is 40.6 Å². The maximum absolute atomic E-state index is 12.1. The normalized spacial score (nSPS) is 19.7. The largest absolute Gasteiger partial charge is 0.377 e. The van der Waals surface area contributed by atoms with Crippen LogP contribution in [-0.4, -0.2) is 28.0 Å². The Kier molecular flexibility index (Phi) is 3.41. The van der Waals surface area contributed by atoms with Crippen LogP contribution in [0.2, 0.25) is 0 Å². The first kappa shape index (κ1) is 12.2. The summed E-state index contributed by atoms with van der Waals surface area (Å²) >= 11 is 3.06. The van der Waals surface area contributed by atoms with Crippen LogP contribution >= 0.6 is 23.1 Å². The van der Waals surface area contributed by atoms with E-state index in [0.29, 0.717) is 6.10 Å². The minimum Gasteiger partial charge on any atom is -0.377 e. The van der Waals surface area contributed by atoms with Gasteiger partial charge in [-0.1, -0.05) is 11.8 Å². The molecule has 96 valence electrons. The number of aromatic nitrogens is 2. The zero-order valence-corrected chi connectivity index (χ0v) is 11.7. The molecule has 3 rings (SSSR count). The van der Waals surface area contributed by atoms with Gasteiger partial charge >= 0.3 is 0 Å². The van der Waals surface area contributed by atoms with Gasteiger partial charge in [-0.3, -0.25) is 9.36 Å². The average Bonchev–Trinajstić information content (AvgIpc) is 3.02. The fraction of sp³-hybridized carbons (Fsp3) is 0.500. The number of ether oxygens (including phenoxy) is 1. The van der Waals surface area contributed by atoms with E-state index in [9.17, 15) is 4.79 Å². The highest BCUT2D eigenvalue weighted by atomic mass is 32.2. The molecule has 0 saturated carbocycles. The lowest BCUT2D eigenvalue weighted by atomic mass is 10.3. The van der Waals surface area contributed by atoms with Gasteiger partial charge in [0, 0.05) is 19.4 Å². The SMILES string of the molecule is Cn1c(SC[C@@H]2CCCO2)nc2ccsc2c1=O. The highest BCUT2D eigenvalue weighted by molar-refractivity contribution is 7.99. The van der Waals surface area contributed by atoms with Crippen molar-refractivity contribution in [1.29, 1.82) is 0 Å². The van der Waals surface area contributed by atoms with E-state index in [-0.39, 0.29) is 5.56 Å². The molecule has 2 aromatic heterocycles. The van der Waals surface area contributed by atoms with E-state index >= 15 is 0 Å². The number of fused-ring (bicyclic) bond motifs is 1. The highest BCUT2D eigenvalue weighted by Crippen LogP contribution is 2.23. The van der Waals surface area contributed by atoms with Crippen molar-refractivity contribution in [2.24, 2.45) is 7.05 Å². The minimum atomic E-state index is 0.0461. The molecule has 0 spiro atoms. The molecule has 1 fully saturated rings. The Morgan fingerprint density at radius 3 is 3.33 bits per heavy atom. The summed E-state index contributed by atoms with van der Waals surface area (Å²) in [6.07, 6.45) is 2.56. The summed E-state index contributed by atoms with van der Waals surface area (Å²) in [6.45, 7) is 0.862. The van der Waals surface area contributed by atoms with E-state index < -0.39 is 0 Å². The minimum absolute atomic E-state index is 0.0461. The van der Waals surface area contributed by atoms with Gasteiger partial charge in [-0.05, 0) is 24.3 Å². The van der Waals surface area contributed by atoms with E-state index in [4.69, 9.17) is 4.74 Å². The van der Waals surface area contributed by atoms with Gasteiger partial charge in [-0.25, -0.2) is 4.98 Å². The summed E-state index contributed by atoms with van der Waals surface area (Å²) < 4.78 is 7.96. The van der Waals surface area contributed by atoms with Crippen molar-refractivity contribution in [2.75, 3.05) is 12.4 Å². The molecule has 3 heterocycles. The van der Waals surface area contributed by atoms with Crippen LogP contribution in [0, 0.1) is 0 Å². The second kappa shape index (κ2) is 5.03. The van der Waals surface area contributed by atoms with Crippen LogP contribution in [0.15, 0.2) is 21.4 Å². The Labute approximate surface area is 113 Å². The average molecular weight is 282 g/mol. The summed E-state index contributed by atoms with van der Waals surface area (Å²) in [5.41, 5.74) is 0.850. The third-order valence-electron chi connectivity index (χ3n) is 3.07. The van der Waals surface area contributed by atoms with E-state index in [1.54, 1.807) is 23.4 Å². The zero-order chi connectivity index (χ0) is 12.5. The van der Waals surface area contributed by atoms with Gasteiger partial charge in [0.05, 0.1) is 11.6 Å². The molecular formula is C12H14N2O2S2. The van der Waals surface area contributed by atoms with Crippen LogP contribution in [0.3, 0.4) is 0 Å². The molecule has 0 bridgehead atoms. The molecule has 18 heavy (non-hydrogen) atoms. The second-order valence-electron chi connectivity index (χ2n) is 4.34. The summed E-state index contributed by atoms with van der Waals surface area (Å²) in [4.78, 5) is 16.6. The van der Waals surface area contributed by atoms with Crippen molar-refractivity contribution in [3.05, 3.63) is 21.8 Å². The molecule has 0 N–H and O–H groups in total. The van der Waals surface area contributed by atoms with Crippen molar-refractivity contribution in [3.8, 4) is 0 Å². The number of rotatable bonds is 3. The Bertz CT molecular complexity index is 614. The van der Waals surface area contributed by atoms with E-state index in [1.165, 1.54) is 11.3 Å². The first-order chi connectivity index (χ1) is 8.75. The standard InChI is InChI=1S/C12H14N2O2S2/c1-14-11(15)10-9(4-6-17-10)13-12(14)18-7-8-3-2-5-16-8/h4,6,8H,2-3,5,7H2,1H3/t8-/m0/s1. The van der Waals surface area contributed by atoms with E-state index in [2.05, 4.69) is 4.98 Å². The lowest BCUT2D eigenvalue weighted by molar-refractivity contribution is 0.129. The van der Waals surface area contributed by atoms with Crippen molar-refractivity contribution >= 4 is 33.3 Å². The molecule has 1 saturated heterocycles. The third kappa shape index (κ3) is 2.20. The fourth-order valence-electron chi connectivity index (χ4n) is 2.04. The summed E-state index contributed by atoms with van der Waals surface area (Å²) in [7, 11) is 1.78. The number of hydrogen-bond donors (Lipinski definition) is 0. The first-order valence-electron chi connectivity index (χ1n) is 5.94. The Balaban J connectivity index is 1.86. The van der Waals surface area contributed by atoms with Crippen molar-refractivity contribution in [3.63, 3.8) is 0 Å². The Morgan fingerprint density at radius 2 is 2.56 bits per heavy atom. The number of thioether (sulfide) groups is 1. The Hall–Kier alpha value is -0.850. The van der Waals surface area contributed by atoms with Gasteiger partial charge in [-0.15, -0.1) is 11.3 Å². The van der Waals surface area contributed by atoms with Gasteiger partial charge in [0.15, 0.2) is 5.16 Å². The van der Waals surface area contributed by atoms with Crippen LogP contribution in [0.5, 0.6) is 0 Å². The topological polar surface area (TPSA) is 44.1 Å². The number of nitrogens with zero attached hydrogens (tertiary/aromatic N) is 2. The highest BCUT2D eigenvalue weighted by Gasteiger charge is 2.17. The van der Waals surface area contributed by atoms with Gasteiger partial charge in [0.1, 0.15) is 4.70 Å². The zero-order valence-electron chi connectivity index (χ0n) is 10.1. The van der Waals surface area contributed by atoms with Crippen LogP contribution in [0.4, 0.5) is 0 Å². The molecule has 0 radical (unpaired) electrons. The molecule has 6 heteroatoms. The number of hydrogen-bond acceptors (Lipinski definition) is 5. The molecule has 0 amide bonds. The molecule has 0 unspecified atom stereocenters. The van der Waals surface area contributed by atoms with E-state index in [1.807, 2.05) is 11.4 Å². The van der Waals surface area contributed by atoms with Crippen molar-refractivity contribution < 1.29 is 4.74 Å². The monoisotopic (exact) mass is 282 g/mol. The van der Waals surface area contributed by atoms with Gasteiger partial charge in [0.25, 0.3) is 5.56 Å². The van der Waals surface area contributed by atoms with Crippen LogP contribution in [-0.2, 0) is 11.8 Å². The molecular weight excluding hydrogens is 268 g/mol. The molecule has 1 aliphatic rings. The van der Waals surface area contributed by atoms with Crippen LogP contribution < -0.4 is 5.56 Å². The molecule has 1 atom stereocenters. The molecule has 4 nitrogen and oxygen atoms in total. The number of thiophene rings is 1. The Morgan fingerprint density at radius 1 is 1.67 bits per heavy atom. The quantitative estimate of drug-likeness (QED) is 0.640. The maximum atomic E-state index is 12.1. The first-order valence-corrected chi connectivity index (χ1v) is 7.81. The van der Waals surface area contributed by atoms with Gasteiger partial charge in [-0.2, -0.15) is 0 Å². The molecule has 0 aromatic carbocycles. The van der Waals surface area contributed by atoms with Crippen LogP contribution in [0.1, 0.15) is 12.8 Å². The summed E-state index contributed by atoms with van der Waals surface area (Å²) in [6, 6.07) is 1.90. The molecule has 2 aromatic rings. The maximum Gasteiger partial charge on any atom is 0.271 e. The van der Waals surface area contributed by atoms with Gasteiger partial charge in [0.2, 0.25) is 0 Å². The smallest absolute Gasteiger partial charge is 0.271 e. The molecule has 1 aliphatic heterocycles. The van der Waals surface area contributed by atoms with Crippen LogP contribution in [0.25, 0.3) is 10.2 Å².